The van der Waals surface area contributed by atoms with Gasteiger partial charge in [-0.05, 0) is 30.3 Å². The van der Waals surface area contributed by atoms with E-state index in [0.29, 0.717) is 17.1 Å². The number of rotatable bonds is 5. The van der Waals surface area contributed by atoms with Gasteiger partial charge in [0.1, 0.15) is 18.0 Å². The molecular formula is C16H15NO4. The first-order chi connectivity index (χ1) is 10.2. The summed E-state index contributed by atoms with van der Waals surface area (Å²) >= 11 is 0. The van der Waals surface area contributed by atoms with Crippen LogP contribution in [0.1, 0.15) is 10.4 Å². The summed E-state index contributed by atoms with van der Waals surface area (Å²) in [6.45, 7) is -0.168. The Labute approximate surface area is 122 Å². The van der Waals surface area contributed by atoms with E-state index in [0.717, 1.165) is 0 Å². The third-order valence-corrected chi connectivity index (χ3v) is 2.70. The van der Waals surface area contributed by atoms with Gasteiger partial charge >= 0.3 is 5.97 Å². The molecule has 0 unspecified atom stereocenters. The summed E-state index contributed by atoms with van der Waals surface area (Å²) < 4.78 is 10.1. The molecule has 0 bridgehead atoms. The van der Waals surface area contributed by atoms with Crippen LogP contribution in [0.3, 0.4) is 0 Å². The highest BCUT2D eigenvalue weighted by Crippen LogP contribution is 2.21. The third kappa shape index (κ3) is 4.35. The third-order valence-electron chi connectivity index (χ3n) is 2.70. The first-order valence-electron chi connectivity index (χ1n) is 6.37. The van der Waals surface area contributed by atoms with Crippen LogP contribution in [0.4, 0.5) is 0 Å². The number of carbonyl (C=O) groups excluding carboxylic acids is 2. The van der Waals surface area contributed by atoms with E-state index in [1.54, 1.807) is 24.3 Å². The van der Waals surface area contributed by atoms with Gasteiger partial charge in [0.25, 0.3) is 5.91 Å². The largest absolute Gasteiger partial charge is 0.468 e. The molecule has 0 aliphatic carbocycles. The van der Waals surface area contributed by atoms with Crippen molar-refractivity contribution < 1.29 is 19.1 Å². The number of esters is 1. The molecule has 2 aromatic rings. The van der Waals surface area contributed by atoms with Gasteiger partial charge in [-0.2, -0.15) is 0 Å². The van der Waals surface area contributed by atoms with Crippen molar-refractivity contribution >= 4 is 11.9 Å². The lowest BCUT2D eigenvalue weighted by Crippen LogP contribution is -2.30. The zero-order chi connectivity index (χ0) is 15.1. The lowest BCUT2D eigenvalue weighted by molar-refractivity contribution is -0.139. The van der Waals surface area contributed by atoms with Crippen molar-refractivity contribution in [3.8, 4) is 11.5 Å². The van der Waals surface area contributed by atoms with Crippen LogP contribution in [0.5, 0.6) is 11.5 Å². The molecule has 2 aromatic carbocycles. The van der Waals surface area contributed by atoms with Crippen LogP contribution in [0.2, 0.25) is 0 Å². The smallest absolute Gasteiger partial charge is 0.325 e. The van der Waals surface area contributed by atoms with Crippen molar-refractivity contribution in [2.24, 2.45) is 0 Å². The molecule has 0 aliphatic heterocycles. The predicted molar refractivity (Wildman–Crippen MR) is 77.3 cm³/mol. The van der Waals surface area contributed by atoms with Crippen molar-refractivity contribution in [1.82, 2.24) is 5.32 Å². The molecule has 0 radical (unpaired) electrons. The molecule has 0 saturated heterocycles. The number of benzene rings is 2. The number of ether oxygens (including phenoxy) is 2. The SMILES string of the molecule is COC(=O)CNC(=O)c1cccc(Oc2ccccc2)c1. The second-order valence-corrected chi connectivity index (χ2v) is 4.20. The van der Waals surface area contributed by atoms with Gasteiger partial charge in [-0.15, -0.1) is 0 Å². The molecule has 0 heterocycles. The van der Waals surface area contributed by atoms with E-state index in [4.69, 9.17) is 4.74 Å². The lowest BCUT2D eigenvalue weighted by atomic mass is 10.2. The molecule has 1 amide bonds. The summed E-state index contributed by atoms with van der Waals surface area (Å²) in [6, 6.07) is 16.0. The topological polar surface area (TPSA) is 64.6 Å². The van der Waals surface area contributed by atoms with E-state index >= 15 is 0 Å². The van der Waals surface area contributed by atoms with Crippen LogP contribution in [-0.4, -0.2) is 25.5 Å². The van der Waals surface area contributed by atoms with Gasteiger partial charge in [0, 0.05) is 5.56 Å². The highest BCUT2D eigenvalue weighted by Gasteiger charge is 2.09. The second kappa shape index (κ2) is 7.09. The Hall–Kier alpha value is -2.82. The molecule has 5 nitrogen and oxygen atoms in total. The molecule has 108 valence electrons. The van der Waals surface area contributed by atoms with Gasteiger partial charge in [0.05, 0.1) is 7.11 Å². The fourth-order valence-corrected chi connectivity index (χ4v) is 1.65. The van der Waals surface area contributed by atoms with E-state index in [9.17, 15) is 9.59 Å². The van der Waals surface area contributed by atoms with E-state index < -0.39 is 5.97 Å². The Bertz CT molecular complexity index is 625. The molecular weight excluding hydrogens is 270 g/mol. The van der Waals surface area contributed by atoms with Crippen LogP contribution in [-0.2, 0) is 9.53 Å². The van der Waals surface area contributed by atoms with Gasteiger partial charge in [0.2, 0.25) is 0 Å². The summed E-state index contributed by atoms with van der Waals surface area (Å²) in [7, 11) is 1.27. The minimum absolute atomic E-state index is 0.168. The molecule has 2 rings (SSSR count). The minimum atomic E-state index is -0.500. The first-order valence-corrected chi connectivity index (χ1v) is 6.37. The molecule has 5 heteroatoms. The Kier molecular flexibility index (Phi) is 4.93. The summed E-state index contributed by atoms with van der Waals surface area (Å²) in [5.74, 6) is 0.371. The monoisotopic (exact) mass is 285 g/mol. The first kappa shape index (κ1) is 14.6. The van der Waals surface area contributed by atoms with Gasteiger partial charge in [-0.3, -0.25) is 9.59 Å². The van der Waals surface area contributed by atoms with E-state index in [1.165, 1.54) is 7.11 Å². The summed E-state index contributed by atoms with van der Waals surface area (Å²) in [4.78, 5) is 22.9. The Morgan fingerprint density at radius 3 is 2.43 bits per heavy atom. The van der Waals surface area contributed by atoms with E-state index in [-0.39, 0.29) is 12.5 Å². The second-order valence-electron chi connectivity index (χ2n) is 4.20. The molecule has 0 spiro atoms. The van der Waals surface area contributed by atoms with Crippen LogP contribution in [0.15, 0.2) is 54.6 Å². The number of hydrogen-bond donors (Lipinski definition) is 1. The maximum absolute atomic E-state index is 11.9. The number of methoxy groups -OCH3 is 1. The number of carbonyl (C=O) groups is 2. The Balaban J connectivity index is 2.03. The predicted octanol–water partition coefficient (Wildman–Crippen LogP) is 2.38. The highest BCUT2D eigenvalue weighted by atomic mass is 16.5. The number of para-hydroxylation sites is 1. The number of hydrogen-bond acceptors (Lipinski definition) is 4. The quantitative estimate of drug-likeness (QED) is 0.857. The Morgan fingerprint density at radius 1 is 1.00 bits per heavy atom. The summed E-state index contributed by atoms with van der Waals surface area (Å²) in [5.41, 5.74) is 0.410. The van der Waals surface area contributed by atoms with Crippen LogP contribution in [0, 0.1) is 0 Å². The standard InChI is InChI=1S/C16H15NO4/c1-20-15(18)11-17-16(19)12-6-5-9-14(10-12)21-13-7-3-2-4-8-13/h2-10H,11H2,1H3,(H,17,19). The van der Waals surface area contributed by atoms with Crippen molar-refractivity contribution in [3.63, 3.8) is 0 Å². The fourth-order valence-electron chi connectivity index (χ4n) is 1.65. The van der Waals surface area contributed by atoms with Gasteiger partial charge < -0.3 is 14.8 Å². The van der Waals surface area contributed by atoms with Gasteiger partial charge in [-0.1, -0.05) is 24.3 Å². The molecule has 1 N–H and O–H groups in total. The average Bonchev–Trinajstić information content (AvgIpc) is 2.53. The van der Waals surface area contributed by atoms with Crippen molar-refractivity contribution in [3.05, 3.63) is 60.2 Å². The highest BCUT2D eigenvalue weighted by molar-refractivity contribution is 5.96. The molecule has 0 aromatic heterocycles. The number of nitrogens with one attached hydrogen (secondary N) is 1. The fraction of sp³-hybridized carbons (Fsp3) is 0.125. The molecule has 0 atom stereocenters. The van der Waals surface area contributed by atoms with Gasteiger partial charge in [0.15, 0.2) is 0 Å². The summed E-state index contributed by atoms with van der Waals surface area (Å²) in [6.07, 6.45) is 0. The van der Waals surface area contributed by atoms with Crippen LogP contribution < -0.4 is 10.1 Å². The maximum atomic E-state index is 11.9. The normalized spacial score (nSPS) is 9.76. The minimum Gasteiger partial charge on any atom is -0.468 e. The van der Waals surface area contributed by atoms with Crippen molar-refractivity contribution in [2.45, 2.75) is 0 Å². The van der Waals surface area contributed by atoms with E-state index in [2.05, 4.69) is 10.1 Å². The molecule has 21 heavy (non-hydrogen) atoms. The van der Waals surface area contributed by atoms with Crippen molar-refractivity contribution in [1.29, 1.82) is 0 Å². The lowest BCUT2D eigenvalue weighted by Gasteiger charge is -2.08. The molecule has 0 saturated carbocycles. The molecule has 0 fully saturated rings. The van der Waals surface area contributed by atoms with Gasteiger partial charge in [-0.25, -0.2) is 0 Å². The maximum Gasteiger partial charge on any atom is 0.325 e. The number of amides is 1. The summed E-state index contributed by atoms with van der Waals surface area (Å²) in [5, 5.41) is 2.47. The van der Waals surface area contributed by atoms with Crippen LogP contribution >= 0.6 is 0 Å². The molecule has 0 aliphatic rings. The van der Waals surface area contributed by atoms with E-state index in [1.807, 2.05) is 30.3 Å². The average molecular weight is 285 g/mol. The zero-order valence-corrected chi connectivity index (χ0v) is 11.5. The van der Waals surface area contributed by atoms with Crippen LogP contribution in [0.25, 0.3) is 0 Å². The zero-order valence-electron chi connectivity index (χ0n) is 11.5. The Morgan fingerprint density at radius 2 is 1.71 bits per heavy atom. The van der Waals surface area contributed by atoms with Crippen molar-refractivity contribution in [2.75, 3.05) is 13.7 Å².